The number of nitrogens with one attached hydrogen (secondary N) is 1. The number of rotatable bonds is 4. The van der Waals surface area contributed by atoms with Gasteiger partial charge >= 0.3 is 0 Å². The van der Waals surface area contributed by atoms with Gasteiger partial charge in [-0.3, -0.25) is 9.96 Å². The van der Waals surface area contributed by atoms with Gasteiger partial charge in [-0.1, -0.05) is 35.9 Å². The summed E-state index contributed by atoms with van der Waals surface area (Å²) in [6.07, 6.45) is -0.418. The molecule has 0 bridgehead atoms. The molecule has 23 heavy (non-hydrogen) atoms. The molecule has 2 aromatic carbocycles. The third-order valence-corrected chi connectivity index (χ3v) is 3.69. The predicted molar refractivity (Wildman–Crippen MR) is 89.7 cm³/mol. The summed E-state index contributed by atoms with van der Waals surface area (Å²) >= 11 is 5.74. The molecule has 1 atom stereocenters. The molecule has 0 heterocycles. The molecule has 0 aliphatic heterocycles. The largest absolute Gasteiger partial charge is 0.483 e. The van der Waals surface area contributed by atoms with Crippen molar-refractivity contribution < 1.29 is 17.7 Å². The normalized spacial score (nSPS) is 11.8. The van der Waals surface area contributed by atoms with Crippen molar-refractivity contribution >= 4 is 27.6 Å². The molecule has 0 spiro atoms. The third kappa shape index (κ3) is 7.14. The average molecular weight is 357 g/mol. The maximum absolute atomic E-state index is 10.4. The number of nitrogens with two attached hydrogens (primary N) is 1. The van der Waals surface area contributed by atoms with E-state index >= 15 is 0 Å². The molecular weight excluding hydrogens is 340 g/mol. The lowest BCUT2D eigenvalue weighted by Crippen LogP contribution is -2.29. The first kappa shape index (κ1) is 19.0. The van der Waals surface area contributed by atoms with E-state index in [0.717, 1.165) is 0 Å². The Morgan fingerprint density at radius 2 is 1.83 bits per heavy atom. The van der Waals surface area contributed by atoms with Crippen molar-refractivity contribution in [3.8, 4) is 5.75 Å². The number of ether oxygens (including phenoxy) is 1. The fraction of sp³-hybridized carbons (Fsp3) is 0.133. The fourth-order valence-electron chi connectivity index (χ4n) is 1.40. The Bertz CT molecular complexity index is 751. The van der Waals surface area contributed by atoms with Crippen molar-refractivity contribution in [2.75, 3.05) is 0 Å². The smallest absolute Gasteiger partial charge is 0.294 e. The Labute approximate surface area is 140 Å². The Morgan fingerprint density at radius 3 is 2.26 bits per heavy atom. The van der Waals surface area contributed by atoms with Gasteiger partial charge in [-0.05, 0) is 37.3 Å². The zero-order chi connectivity index (χ0) is 17.5. The van der Waals surface area contributed by atoms with Gasteiger partial charge in [0.2, 0.25) is 0 Å². The fourth-order valence-corrected chi connectivity index (χ4v) is 2.08. The van der Waals surface area contributed by atoms with Crippen molar-refractivity contribution in [3.05, 3.63) is 59.6 Å². The molecule has 2 aromatic rings. The minimum atomic E-state index is -4.00. The van der Waals surface area contributed by atoms with E-state index < -0.39 is 16.2 Å². The first-order valence-electron chi connectivity index (χ1n) is 6.49. The maximum Gasteiger partial charge on any atom is 0.294 e. The van der Waals surface area contributed by atoms with Gasteiger partial charge in [0.15, 0.2) is 6.10 Å². The highest BCUT2D eigenvalue weighted by Gasteiger charge is 2.06. The molecule has 0 radical (unpaired) electrons. The standard InChI is InChI=1S/C9H11ClN2O.C6H6O3S/c1-6(9(11)12)13-8-4-2-3-7(10)5-8;7-10(8,9)6-4-2-1-3-5-6/h2-6H,1H3,(H3,11,12);1-5H,(H,7,8,9). The lowest BCUT2D eigenvalue weighted by molar-refractivity contribution is 0.285. The highest BCUT2D eigenvalue weighted by Crippen LogP contribution is 2.18. The molecule has 124 valence electrons. The number of benzene rings is 2. The van der Waals surface area contributed by atoms with Crippen molar-refractivity contribution in [1.82, 2.24) is 0 Å². The molecule has 2 rings (SSSR count). The SMILES string of the molecule is CC(Oc1cccc(Cl)c1)C(=N)N.O=S(=O)(O)c1ccccc1. The van der Waals surface area contributed by atoms with Crippen molar-refractivity contribution in [1.29, 1.82) is 5.41 Å². The van der Waals surface area contributed by atoms with E-state index in [4.69, 9.17) is 32.0 Å². The van der Waals surface area contributed by atoms with Crippen LogP contribution in [0.4, 0.5) is 0 Å². The van der Waals surface area contributed by atoms with Crippen LogP contribution in [-0.2, 0) is 10.1 Å². The van der Waals surface area contributed by atoms with Crippen LogP contribution in [0, 0.1) is 5.41 Å². The van der Waals surface area contributed by atoms with E-state index in [1.807, 2.05) is 0 Å². The summed E-state index contributed by atoms with van der Waals surface area (Å²) in [6, 6.07) is 14.4. The molecule has 0 fully saturated rings. The van der Waals surface area contributed by atoms with E-state index in [2.05, 4.69) is 0 Å². The van der Waals surface area contributed by atoms with Crippen LogP contribution in [0.1, 0.15) is 6.92 Å². The van der Waals surface area contributed by atoms with Gasteiger partial charge in [0.1, 0.15) is 11.6 Å². The second kappa shape index (κ2) is 8.52. The second-order valence-electron chi connectivity index (χ2n) is 4.46. The summed E-state index contributed by atoms with van der Waals surface area (Å²) in [6.45, 7) is 1.71. The molecule has 0 aliphatic rings. The molecule has 8 heteroatoms. The number of amidine groups is 1. The molecule has 0 saturated carbocycles. The lowest BCUT2D eigenvalue weighted by Gasteiger charge is -2.12. The molecule has 0 amide bonds. The molecule has 1 unspecified atom stereocenters. The van der Waals surface area contributed by atoms with Crippen molar-refractivity contribution in [2.24, 2.45) is 5.73 Å². The first-order valence-corrected chi connectivity index (χ1v) is 8.30. The highest BCUT2D eigenvalue weighted by molar-refractivity contribution is 7.85. The second-order valence-corrected chi connectivity index (χ2v) is 6.32. The van der Waals surface area contributed by atoms with Gasteiger partial charge < -0.3 is 10.5 Å². The van der Waals surface area contributed by atoms with Crippen LogP contribution in [0.25, 0.3) is 0 Å². The van der Waals surface area contributed by atoms with Crippen LogP contribution >= 0.6 is 11.6 Å². The molecule has 0 saturated heterocycles. The lowest BCUT2D eigenvalue weighted by atomic mass is 10.3. The van der Waals surface area contributed by atoms with E-state index in [1.165, 1.54) is 12.1 Å². The molecule has 0 aromatic heterocycles. The van der Waals surface area contributed by atoms with Gasteiger partial charge in [0, 0.05) is 5.02 Å². The zero-order valence-electron chi connectivity index (χ0n) is 12.3. The zero-order valence-corrected chi connectivity index (χ0v) is 13.9. The molecule has 4 N–H and O–H groups in total. The summed E-state index contributed by atoms with van der Waals surface area (Å²) in [5.41, 5.74) is 5.25. The van der Waals surface area contributed by atoms with Gasteiger partial charge in [0.25, 0.3) is 10.1 Å². The Balaban J connectivity index is 0.000000238. The molecular formula is C15H17ClN2O4S. The Morgan fingerprint density at radius 1 is 1.22 bits per heavy atom. The Hall–Kier alpha value is -2.09. The monoisotopic (exact) mass is 356 g/mol. The Kier molecular flexibility index (Phi) is 7.02. The van der Waals surface area contributed by atoms with Crippen LogP contribution in [0.3, 0.4) is 0 Å². The van der Waals surface area contributed by atoms with E-state index in [0.29, 0.717) is 10.8 Å². The first-order chi connectivity index (χ1) is 10.7. The summed E-state index contributed by atoms with van der Waals surface area (Å²) in [7, 11) is -4.00. The van der Waals surface area contributed by atoms with Crippen LogP contribution in [-0.4, -0.2) is 24.9 Å². The molecule has 0 aliphatic carbocycles. The quantitative estimate of drug-likeness (QED) is 0.442. The minimum Gasteiger partial charge on any atom is -0.483 e. The average Bonchev–Trinajstić information content (AvgIpc) is 2.48. The molecule has 6 nitrogen and oxygen atoms in total. The van der Waals surface area contributed by atoms with Gasteiger partial charge in [-0.15, -0.1) is 0 Å². The van der Waals surface area contributed by atoms with Crippen LogP contribution in [0.2, 0.25) is 5.02 Å². The summed E-state index contributed by atoms with van der Waals surface area (Å²) in [5.74, 6) is 0.621. The van der Waals surface area contributed by atoms with Gasteiger partial charge in [-0.25, -0.2) is 0 Å². The van der Waals surface area contributed by atoms with Crippen molar-refractivity contribution in [3.63, 3.8) is 0 Å². The van der Waals surface area contributed by atoms with E-state index in [9.17, 15) is 8.42 Å². The maximum atomic E-state index is 10.4. The van der Waals surface area contributed by atoms with Crippen LogP contribution in [0.5, 0.6) is 5.75 Å². The number of halogens is 1. The summed E-state index contributed by atoms with van der Waals surface area (Å²) < 4.78 is 34.6. The predicted octanol–water partition coefficient (Wildman–Crippen LogP) is 2.98. The highest BCUT2D eigenvalue weighted by atomic mass is 35.5. The summed E-state index contributed by atoms with van der Waals surface area (Å²) in [4.78, 5) is -0.0741. The number of hydrogen-bond donors (Lipinski definition) is 3. The third-order valence-electron chi connectivity index (χ3n) is 2.59. The van der Waals surface area contributed by atoms with Gasteiger partial charge in [0.05, 0.1) is 4.90 Å². The van der Waals surface area contributed by atoms with Crippen molar-refractivity contribution in [2.45, 2.75) is 17.9 Å². The summed E-state index contributed by atoms with van der Waals surface area (Å²) in [5, 5.41) is 7.73. The van der Waals surface area contributed by atoms with E-state index in [1.54, 1.807) is 49.4 Å². The topological polar surface area (TPSA) is 113 Å². The minimum absolute atomic E-state index is 0.0000227. The van der Waals surface area contributed by atoms with E-state index in [-0.39, 0.29) is 10.7 Å². The van der Waals surface area contributed by atoms with Crippen LogP contribution < -0.4 is 10.5 Å². The van der Waals surface area contributed by atoms with Gasteiger partial charge in [-0.2, -0.15) is 8.42 Å². The van der Waals surface area contributed by atoms with Crippen LogP contribution in [0.15, 0.2) is 59.5 Å². The number of hydrogen-bond acceptors (Lipinski definition) is 4.